The maximum absolute atomic E-state index is 3.96. The molecule has 0 amide bonds. The molecular weight excluding hydrogens is 202 g/mol. The van der Waals surface area contributed by atoms with Gasteiger partial charge < -0.3 is 5.32 Å². The summed E-state index contributed by atoms with van der Waals surface area (Å²) in [7, 11) is 0. The third kappa shape index (κ3) is 2.03. The Hall–Kier alpha value is -1.91. The first-order valence-electron chi connectivity index (χ1n) is 5.49. The summed E-state index contributed by atoms with van der Waals surface area (Å²) < 4.78 is 0. The molecule has 0 bridgehead atoms. The Kier molecular flexibility index (Phi) is 2.29. The number of benzene rings is 1. The lowest BCUT2D eigenvalue weighted by Crippen LogP contribution is -2.02. The second-order valence-electron chi connectivity index (χ2n) is 4.14. The standard InChI is InChI=1S/C11H13N5/c1-2-9(11-13-15-16-14-11)6-10(3-1)12-7-8-4-5-8/h1-3,6,8,12H,4-5,7H2,(H,13,14,15,16). The average Bonchev–Trinajstić information content (AvgIpc) is 2.99. The highest BCUT2D eigenvalue weighted by atomic mass is 15.5. The van der Waals surface area contributed by atoms with Gasteiger partial charge in [-0.25, -0.2) is 0 Å². The molecule has 3 rings (SSSR count). The summed E-state index contributed by atoms with van der Waals surface area (Å²) in [5, 5.41) is 17.4. The van der Waals surface area contributed by atoms with E-state index in [4.69, 9.17) is 0 Å². The Balaban J connectivity index is 1.76. The molecule has 1 fully saturated rings. The van der Waals surface area contributed by atoms with E-state index in [1.807, 2.05) is 18.2 Å². The van der Waals surface area contributed by atoms with Crippen molar-refractivity contribution < 1.29 is 0 Å². The smallest absolute Gasteiger partial charge is 0.204 e. The van der Waals surface area contributed by atoms with Gasteiger partial charge in [-0.05, 0) is 36.1 Å². The molecule has 1 heterocycles. The molecular formula is C11H13N5. The van der Waals surface area contributed by atoms with Crippen LogP contribution in [0.2, 0.25) is 0 Å². The van der Waals surface area contributed by atoms with Crippen molar-refractivity contribution in [3.8, 4) is 11.4 Å². The highest BCUT2D eigenvalue weighted by Gasteiger charge is 2.20. The molecule has 82 valence electrons. The van der Waals surface area contributed by atoms with Crippen LogP contribution in [-0.4, -0.2) is 27.2 Å². The molecule has 1 aromatic heterocycles. The van der Waals surface area contributed by atoms with Crippen LogP contribution in [0.25, 0.3) is 11.4 Å². The Bertz CT molecular complexity index is 461. The molecule has 0 saturated heterocycles. The van der Waals surface area contributed by atoms with Crippen molar-refractivity contribution in [2.75, 3.05) is 11.9 Å². The van der Waals surface area contributed by atoms with Crippen LogP contribution in [0.3, 0.4) is 0 Å². The molecule has 0 atom stereocenters. The number of rotatable bonds is 4. The van der Waals surface area contributed by atoms with Crippen molar-refractivity contribution in [3.05, 3.63) is 24.3 Å². The summed E-state index contributed by atoms with van der Waals surface area (Å²) in [6, 6.07) is 8.09. The van der Waals surface area contributed by atoms with E-state index in [-0.39, 0.29) is 0 Å². The summed E-state index contributed by atoms with van der Waals surface area (Å²) in [5.74, 6) is 1.50. The lowest BCUT2D eigenvalue weighted by molar-refractivity contribution is 0.881. The van der Waals surface area contributed by atoms with Crippen molar-refractivity contribution in [1.82, 2.24) is 20.6 Å². The van der Waals surface area contributed by atoms with Gasteiger partial charge in [0, 0.05) is 17.8 Å². The molecule has 1 aromatic carbocycles. The zero-order chi connectivity index (χ0) is 10.8. The fraction of sp³-hybridized carbons (Fsp3) is 0.364. The largest absolute Gasteiger partial charge is 0.385 e. The zero-order valence-electron chi connectivity index (χ0n) is 8.85. The van der Waals surface area contributed by atoms with E-state index in [2.05, 4.69) is 32.0 Å². The quantitative estimate of drug-likeness (QED) is 0.814. The molecule has 16 heavy (non-hydrogen) atoms. The van der Waals surface area contributed by atoms with Gasteiger partial charge in [-0.3, -0.25) is 0 Å². The van der Waals surface area contributed by atoms with Crippen LogP contribution in [0, 0.1) is 5.92 Å². The number of nitrogens with zero attached hydrogens (tertiary/aromatic N) is 3. The number of aromatic amines is 1. The lowest BCUT2D eigenvalue weighted by atomic mass is 10.2. The van der Waals surface area contributed by atoms with E-state index in [9.17, 15) is 0 Å². The highest BCUT2D eigenvalue weighted by molar-refractivity contribution is 5.61. The van der Waals surface area contributed by atoms with Crippen molar-refractivity contribution in [2.45, 2.75) is 12.8 Å². The summed E-state index contributed by atoms with van der Waals surface area (Å²) in [6.07, 6.45) is 2.72. The monoisotopic (exact) mass is 215 g/mol. The van der Waals surface area contributed by atoms with Gasteiger partial charge in [-0.1, -0.05) is 12.1 Å². The minimum atomic E-state index is 0.634. The van der Waals surface area contributed by atoms with Gasteiger partial charge in [0.05, 0.1) is 0 Å². The molecule has 2 N–H and O–H groups in total. The second-order valence-corrected chi connectivity index (χ2v) is 4.14. The minimum Gasteiger partial charge on any atom is -0.385 e. The Morgan fingerprint density at radius 1 is 1.38 bits per heavy atom. The molecule has 0 spiro atoms. The number of hydrogen-bond acceptors (Lipinski definition) is 4. The predicted molar refractivity (Wildman–Crippen MR) is 60.8 cm³/mol. The van der Waals surface area contributed by atoms with E-state index in [1.54, 1.807) is 0 Å². The van der Waals surface area contributed by atoms with Crippen LogP contribution in [0.15, 0.2) is 24.3 Å². The number of H-pyrrole nitrogens is 1. The van der Waals surface area contributed by atoms with E-state index in [1.165, 1.54) is 12.8 Å². The van der Waals surface area contributed by atoms with Crippen molar-refractivity contribution >= 4 is 5.69 Å². The SMILES string of the molecule is c1cc(NCC2CC2)cc(-c2nn[nH]n2)c1. The van der Waals surface area contributed by atoms with Gasteiger partial charge in [0.1, 0.15) is 0 Å². The molecule has 0 unspecified atom stereocenters. The molecule has 1 aliphatic carbocycles. The highest BCUT2D eigenvalue weighted by Crippen LogP contribution is 2.29. The Labute approximate surface area is 93.3 Å². The Morgan fingerprint density at radius 3 is 3.06 bits per heavy atom. The van der Waals surface area contributed by atoms with Gasteiger partial charge in [0.15, 0.2) is 0 Å². The van der Waals surface area contributed by atoms with Crippen LogP contribution in [0.4, 0.5) is 5.69 Å². The van der Waals surface area contributed by atoms with Crippen LogP contribution >= 0.6 is 0 Å². The molecule has 2 aromatic rings. The van der Waals surface area contributed by atoms with E-state index in [0.717, 1.165) is 23.7 Å². The van der Waals surface area contributed by atoms with Gasteiger partial charge in [0.25, 0.3) is 0 Å². The molecule has 0 aliphatic heterocycles. The fourth-order valence-corrected chi connectivity index (χ4v) is 1.64. The summed E-state index contributed by atoms with van der Waals surface area (Å²) in [5.41, 5.74) is 2.10. The van der Waals surface area contributed by atoms with Gasteiger partial charge in [-0.2, -0.15) is 5.21 Å². The number of nitrogens with one attached hydrogen (secondary N) is 2. The van der Waals surface area contributed by atoms with Crippen LogP contribution in [0.5, 0.6) is 0 Å². The third-order valence-electron chi connectivity index (χ3n) is 2.76. The molecule has 5 nitrogen and oxygen atoms in total. The Morgan fingerprint density at radius 2 is 2.31 bits per heavy atom. The molecule has 1 aliphatic rings. The van der Waals surface area contributed by atoms with Gasteiger partial charge in [-0.15, -0.1) is 10.2 Å². The third-order valence-corrected chi connectivity index (χ3v) is 2.76. The maximum atomic E-state index is 3.96. The van der Waals surface area contributed by atoms with Crippen molar-refractivity contribution in [1.29, 1.82) is 0 Å². The maximum Gasteiger partial charge on any atom is 0.204 e. The first-order chi connectivity index (χ1) is 7.92. The lowest BCUT2D eigenvalue weighted by Gasteiger charge is -2.05. The van der Waals surface area contributed by atoms with Crippen molar-refractivity contribution in [2.24, 2.45) is 5.92 Å². The van der Waals surface area contributed by atoms with Crippen molar-refractivity contribution in [3.63, 3.8) is 0 Å². The van der Waals surface area contributed by atoms with Crippen LogP contribution < -0.4 is 5.32 Å². The normalized spacial score (nSPS) is 15.0. The summed E-state index contributed by atoms with van der Waals surface area (Å²) in [4.78, 5) is 0. The number of anilines is 1. The summed E-state index contributed by atoms with van der Waals surface area (Å²) in [6.45, 7) is 1.07. The molecule has 0 radical (unpaired) electrons. The van der Waals surface area contributed by atoms with E-state index in [0.29, 0.717) is 5.82 Å². The average molecular weight is 215 g/mol. The van der Waals surface area contributed by atoms with Gasteiger partial charge in [0.2, 0.25) is 5.82 Å². The van der Waals surface area contributed by atoms with Crippen LogP contribution in [-0.2, 0) is 0 Å². The predicted octanol–water partition coefficient (Wildman–Crippen LogP) is 1.69. The molecule has 5 heteroatoms. The fourth-order valence-electron chi connectivity index (χ4n) is 1.64. The number of aromatic nitrogens is 4. The van der Waals surface area contributed by atoms with E-state index < -0.39 is 0 Å². The first kappa shape index (κ1) is 9.33. The molecule has 1 saturated carbocycles. The summed E-state index contributed by atoms with van der Waals surface area (Å²) >= 11 is 0. The second kappa shape index (κ2) is 3.92. The van der Waals surface area contributed by atoms with Crippen LogP contribution in [0.1, 0.15) is 12.8 Å². The minimum absolute atomic E-state index is 0.634. The van der Waals surface area contributed by atoms with E-state index >= 15 is 0 Å². The zero-order valence-corrected chi connectivity index (χ0v) is 8.85. The topological polar surface area (TPSA) is 66.5 Å². The number of hydrogen-bond donors (Lipinski definition) is 2. The number of tetrazole rings is 1. The first-order valence-corrected chi connectivity index (χ1v) is 5.49. The van der Waals surface area contributed by atoms with Gasteiger partial charge >= 0.3 is 0 Å².